The first-order valence-corrected chi connectivity index (χ1v) is 16.7. The van der Waals surface area contributed by atoms with Gasteiger partial charge in [-0.1, -0.05) is 119 Å². The van der Waals surface area contributed by atoms with Crippen LogP contribution in [0.15, 0.2) is 162 Å². The van der Waals surface area contributed by atoms with Crippen molar-refractivity contribution in [3.8, 4) is 39.1 Å². The minimum Gasteiger partial charge on any atom is -0.309 e. The first-order valence-electron chi connectivity index (χ1n) is 15.1. The predicted molar refractivity (Wildman–Crippen MR) is 198 cm³/mol. The molecule has 0 radical (unpaired) electrons. The van der Waals surface area contributed by atoms with Gasteiger partial charge in [0, 0.05) is 41.1 Å². The topological polar surface area (TPSA) is 4.93 Å². The predicted octanol–water partition coefficient (Wildman–Crippen LogP) is 12.9. The van der Waals surface area contributed by atoms with Crippen molar-refractivity contribution in [2.45, 2.75) is 0 Å². The van der Waals surface area contributed by atoms with Crippen molar-refractivity contribution in [1.29, 1.82) is 0 Å². The number of para-hydroxylation sites is 1. The zero-order valence-corrected chi connectivity index (χ0v) is 26.6. The van der Waals surface area contributed by atoms with Crippen LogP contribution in [0.5, 0.6) is 0 Å². The van der Waals surface area contributed by atoms with Crippen molar-refractivity contribution in [3.63, 3.8) is 0 Å². The Morgan fingerprint density at radius 3 is 1.64 bits per heavy atom. The van der Waals surface area contributed by atoms with E-state index in [0.717, 1.165) is 10.2 Å². The maximum Gasteiger partial charge on any atom is 0.0547 e. The molecule has 2 heterocycles. The highest BCUT2D eigenvalue weighted by Gasteiger charge is 2.15. The molecule has 9 aromatic rings. The minimum atomic E-state index is 1.09. The van der Waals surface area contributed by atoms with Gasteiger partial charge in [-0.25, -0.2) is 0 Å². The highest BCUT2D eigenvalue weighted by Crippen LogP contribution is 2.40. The van der Waals surface area contributed by atoms with Gasteiger partial charge in [0.05, 0.1) is 11.0 Å². The minimum absolute atomic E-state index is 1.09. The molecule has 0 saturated carbocycles. The second-order valence-electron chi connectivity index (χ2n) is 11.5. The Bertz CT molecular complexity index is 2540. The molecule has 0 atom stereocenters. The lowest BCUT2D eigenvalue weighted by Gasteiger charge is -2.10. The molecule has 0 aliphatic rings. The number of rotatable bonds is 4. The first kappa shape index (κ1) is 26.4. The normalized spacial score (nSPS) is 11.7. The van der Waals surface area contributed by atoms with E-state index in [1.165, 1.54) is 75.4 Å². The Balaban J connectivity index is 1.20. The van der Waals surface area contributed by atoms with E-state index in [9.17, 15) is 0 Å². The summed E-state index contributed by atoms with van der Waals surface area (Å²) in [5.74, 6) is 0. The van der Waals surface area contributed by atoms with Crippen molar-refractivity contribution in [1.82, 2.24) is 4.57 Å². The number of thiophene rings is 1. The van der Waals surface area contributed by atoms with Gasteiger partial charge in [-0.3, -0.25) is 0 Å². The maximum atomic E-state index is 3.61. The van der Waals surface area contributed by atoms with E-state index in [4.69, 9.17) is 0 Å². The van der Waals surface area contributed by atoms with E-state index < -0.39 is 0 Å². The quantitative estimate of drug-likeness (QED) is 0.178. The zero-order chi connectivity index (χ0) is 29.9. The Morgan fingerprint density at radius 2 is 0.933 bits per heavy atom. The lowest BCUT2D eigenvalue weighted by molar-refractivity contribution is 1.18. The average molecular weight is 657 g/mol. The third-order valence-corrected chi connectivity index (χ3v) is 10.5. The Kier molecular flexibility index (Phi) is 6.22. The highest BCUT2D eigenvalue weighted by atomic mass is 79.9. The summed E-state index contributed by atoms with van der Waals surface area (Å²) < 4.78 is 6.18. The fourth-order valence-electron chi connectivity index (χ4n) is 6.66. The van der Waals surface area contributed by atoms with Gasteiger partial charge >= 0.3 is 0 Å². The van der Waals surface area contributed by atoms with Crippen molar-refractivity contribution >= 4 is 69.2 Å². The highest BCUT2D eigenvalue weighted by molar-refractivity contribution is 9.10. The number of halogens is 1. The van der Waals surface area contributed by atoms with Crippen LogP contribution < -0.4 is 0 Å². The second kappa shape index (κ2) is 10.6. The number of nitrogens with zero attached hydrogens (tertiary/aromatic N) is 1. The molecule has 0 saturated heterocycles. The molecule has 0 aliphatic carbocycles. The molecule has 45 heavy (non-hydrogen) atoms. The van der Waals surface area contributed by atoms with E-state index in [1.54, 1.807) is 0 Å². The van der Waals surface area contributed by atoms with Gasteiger partial charge in [-0.05, 0) is 88.0 Å². The van der Waals surface area contributed by atoms with Crippen LogP contribution in [0.25, 0.3) is 81.0 Å². The van der Waals surface area contributed by atoms with Crippen LogP contribution in [0.3, 0.4) is 0 Å². The number of aromatic nitrogens is 1. The summed E-state index contributed by atoms with van der Waals surface area (Å²) in [6.45, 7) is 0. The lowest BCUT2D eigenvalue weighted by Crippen LogP contribution is -1.93. The maximum absolute atomic E-state index is 3.61. The molecule has 9 rings (SSSR count). The molecule has 0 bridgehead atoms. The van der Waals surface area contributed by atoms with Crippen LogP contribution in [0.1, 0.15) is 0 Å². The SMILES string of the molecule is Brc1cccc(-c2ccc(-c3ccc4c5ccc(-c6ccc7sc8ccccc8c7c6)cc5n(-c5ccccc5)c4c3)cc2)c1. The van der Waals surface area contributed by atoms with Crippen LogP contribution in [-0.4, -0.2) is 4.57 Å². The molecular weight excluding hydrogens is 630 g/mol. The standard InChI is InChI=1S/C42H26BrNS/c43-33-8-6-7-29(23-33)27-13-15-28(16-14-27)31-17-20-35-36-21-18-32(26-40(36)44(39(35)25-31)34-9-2-1-3-10-34)30-19-22-42-38(24-30)37-11-4-5-12-41(37)45-42/h1-26H. The van der Waals surface area contributed by atoms with E-state index >= 15 is 0 Å². The molecule has 0 aliphatic heterocycles. The second-order valence-corrected chi connectivity index (χ2v) is 13.5. The summed E-state index contributed by atoms with van der Waals surface area (Å²) in [7, 11) is 0. The number of fused-ring (bicyclic) bond motifs is 6. The van der Waals surface area contributed by atoms with Crippen molar-refractivity contribution in [2.75, 3.05) is 0 Å². The lowest BCUT2D eigenvalue weighted by atomic mass is 9.99. The fourth-order valence-corrected chi connectivity index (χ4v) is 8.15. The van der Waals surface area contributed by atoms with Gasteiger partial charge in [0.25, 0.3) is 0 Å². The molecule has 0 fully saturated rings. The summed E-state index contributed by atoms with van der Waals surface area (Å²) >= 11 is 5.47. The summed E-state index contributed by atoms with van der Waals surface area (Å²) in [6, 6.07) is 57.5. The molecule has 3 heteroatoms. The molecule has 1 nitrogen and oxygen atoms in total. The first-order chi connectivity index (χ1) is 22.2. The third kappa shape index (κ3) is 4.50. The van der Waals surface area contributed by atoms with Gasteiger partial charge in [0.1, 0.15) is 0 Å². The molecule has 0 N–H and O–H groups in total. The largest absolute Gasteiger partial charge is 0.309 e. The molecule has 2 aromatic heterocycles. The van der Waals surface area contributed by atoms with Crippen molar-refractivity contribution < 1.29 is 0 Å². The smallest absolute Gasteiger partial charge is 0.0547 e. The van der Waals surface area contributed by atoms with E-state index in [1.807, 2.05) is 11.3 Å². The molecular formula is C42H26BrNS. The van der Waals surface area contributed by atoms with E-state index in [-0.39, 0.29) is 0 Å². The Morgan fingerprint density at radius 1 is 0.378 bits per heavy atom. The number of benzene rings is 7. The Labute approximate surface area is 273 Å². The van der Waals surface area contributed by atoms with Crippen LogP contribution in [0, 0.1) is 0 Å². The Hall–Kier alpha value is -4.96. The van der Waals surface area contributed by atoms with Gasteiger partial charge in [0.15, 0.2) is 0 Å². The third-order valence-electron chi connectivity index (χ3n) is 8.87. The van der Waals surface area contributed by atoms with Gasteiger partial charge < -0.3 is 4.57 Å². The van der Waals surface area contributed by atoms with Crippen molar-refractivity contribution in [2.24, 2.45) is 0 Å². The van der Waals surface area contributed by atoms with E-state index in [0.29, 0.717) is 0 Å². The zero-order valence-electron chi connectivity index (χ0n) is 24.2. The summed E-state index contributed by atoms with van der Waals surface area (Å²) in [5.41, 5.74) is 10.9. The van der Waals surface area contributed by atoms with E-state index in [2.05, 4.69) is 178 Å². The van der Waals surface area contributed by atoms with Crippen LogP contribution >= 0.6 is 27.3 Å². The van der Waals surface area contributed by atoms with Gasteiger partial charge in [-0.2, -0.15) is 0 Å². The molecule has 0 unspecified atom stereocenters. The number of hydrogen-bond donors (Lipinski definition) is 0. The molecule has 7 aromatic carbocycles. The monoisotopic (exact) mass is 655 g/mol. The number of hydrogen-bond acceptors (Lipinski definition) is 1. The van der Waals surface area contributed by atoms with Gasteiger partial charge in [-0.15, -0.1) is 11.3 Å². The average Bonchev–Trinajstić information content (AvgIpc) is 3.63. The van der Waals surface area contributed by atoms with Crippen LogP contribution in [0.4, 0.5) is 0 Å². The van der Waals surface area contributed by atoms with Crippen LogP contribution in [0.2, 0.25) is 0 Å². The van der Waals surface area contributed by atoms with Gasteiger partial charge in [0.2, 0.25) is 0 Å². The summed E-state index contributed by atoms with van der Waals surface area (Å²) in [4.78, 5) is 0. The summed E-state index contributed by atoms with van der Waals surface area (Å²) in [5, 5.41) is 5.17. The van der Waals surface area contributed by atoms with Crippen molar-refractivity contribution in [3.05, 3.63) is 162 Å². The fraction of sp³-hybridized carbons (Fsp3) is 0. The molecule has 0 amide bonds. The molecule has 0 spiro atoms. The molecule has 212 valence electrons. The summed E-state index contributed by atoms with van der Waals surface area (Å²) in [6.07, 6.45) is 0. The van der Waals surface area contributed by atoms with Crippen LogP contribution in [-0.2, 0) is 0 Å².